The van der Waals surface area contributed by atoms with E-state index in [2.05, 4.69) is 5.32 Å². The second-order valence-corrected chi connectivity index (χ2v) is 7.24. The van der Waals surface area contributed by atoms with Gasteiger partial charge in [0.05, 0.1) is 11.0 Å². The van der Waals surface area contributed by atoms with Gasteiger partial charge in [-0.25, -0.2) is 8.42 Å². The molecule has 0 radical (unpaired) electrons. The summed E-state index contributed by atoms with van der Waals surface area (Å²) >= 11 is 0. The molecule has 6 heteroatoms. The minimum Gasteiger partial charge on any atom is -0.380 e. The number of ether oxygens (including phenoxy) is 1. The van der Waals surface area contributed by atoms with Crippen LogP contribution in [0.15, 0.2) is 23.1 Å². The van der Waals surface area contributed by atoms with Crippen LogP contribution in [0.3, 0.4) is 0 Å². The van der Waals surface area contributed by atoms with E-state index in [0.29, 0.717) is 24.5 Å². The molecule has 5 nitrogen and oxygen atoms in total. The maximum absolute atomic E-state index is 12.8. The third-order valence-corrected chi connectivity index (χ3v) is 6.03. The van der Waals surface area contributed by atoms with Crippen molar-refractivity contribution in [3.63, 3.8) is 0 Å². The first-order chi connectivity index (χ1) is 10.0. The molecule has 1 aromatic rings. The summed E-state index contributed by atoms with van der Waals surface area (Å²) in [7, 11) is -1.81. The van der Waals surface area contributed by atoms with E-state index in [1.807, 2.05) is 26.0 Å². The van der Waals surface area contributed by atoms with Crippen molar-refractivity contribution in [1.82, 2.24) is 9.62 Å². The molecule has 0 amide bonds. The van der Waals surface area contributed by atoms with Gasteiger partial charge >= 0.3 is 0 Å². The van der Waals surface area contributed by atoms with Crippen molar-refractivity contribution in [2.45, 2.75) is 37.8 Å². The molecule has 1 aromatic carbocycles. The second-order valence-electron chi connectivity index (χ2n) is 5.33. The van der Waals surface area contributed by atoms with Crippen LogP contribution in [0.1, 0.15) is 24.5 Å². The molecule has 0 bridgehead atoms. The monoisotopic (exact) mass is 312 g/mol. The van der Waals surface area contributed by atoms with E-state index >= 15 is 0 Å². The molecule has 1 aliphatic rings. The summed E-state index contributed by atoms with van der Waals surface area (Å²) < 4.78 is 32.4. The third-order valence-electron chi connectivity index (χ3n) is 4.02. The summed E-state index contributed by atoms with van der Waals surface area (Å²) in [6.07, 6.45) is 0.760. The molecule has 1 aliphatic heterocycles. The van der Waals surface area contributed by atoms with Crippen molar-refractivity contribution in [3.05, 3.63) is 29.3 Å². The Morgan fingerprint density at radius 3 is 2.81 bits per heavy atom. The normalized spacial score (nSPS) is 20.0. The van der Waals surface area contributed by atoms with Crippen LogP contribution in [-0.2, 0) is 21.3 Å². The van der Waals surface area contributed by atoms with Crippen molar-refractivity contribution in [3.8, 4) is 0 Å². The zero-order valence-electron chi connectivity index (χ0n) is 12.9. The molecule has 0 aliphatic carbocycles. The van der Waals surface area contributed by atoms with E-state index < -0.39 is 10.0 Å². The SMILES string of the molecule is CCNCc1cccc(S(=O)(=O)N2CCC(OC)C2)c1C. The Morgan fingerprint density at radius 2 is 2.19 bits per heavy atom. The van der Waals surface area contributed by atoms with E-state index in [4.69, 9.17) is 4.74 Å². The lowest BCUT2D eigenvalue weighted by Crippen LogP contribution is -2.30. The van der Waals surface area contributed by atoms with Crippen molar-refractivity contribution in [2.75, 3.05) is 26.7 Å². The van der Waals surface area contributed by atoms with Gasteiger partial charge in [0.25, 0.3) is 0 Å². The van der Waals surface area contributed by atoms with Gasteiger partial charge < -0.3 is 10.1 Å². The zero-order valence-corrected chi connectivity index (χ0v) is 13.7. The fraction of sp³-hybridized carbons (Fsp3) is 0.600. The van der Waals surface area contributed by atoms with Crippen LogP contribution in [-0.4, -0.2) is 45.6 Å². The van der Waals surface area contributed by atoms with Crippen molar-refractivity contribution in [1.29, 1.82) is 0 Å². The highest BCUT2D eigenvalue weighted by Crippen LogP contribution is 2.26. The van der Waals surface area contributed by atoms with Crippen molar-refractivity contribution in [2.24, 2.45) is 0 Å². The van der Waals surface area contributed by atoms with E-state index in [0.717, 1.165) is 24.1 Å². The summed E-state index contributed by atoms with van der Waals surface area (Å²) in [4.78, 5) is 0.412. The number of benzene rings is 1. The Bertz CT molecular complexity index is 587. The second kappa shape index (κ2) is 6.87. The lowest BCUT2D eigenvalue weighted by atomic mass is 10.1. The van der Waals surface area contributed by atoms with Crippen LogP contribution in [0, 0.1) is 6.92 Å². The lowest BCUT2D eigenvalue weighted by Gasteiger charge is -2.19. The molecule has 1 unspecified atom stereocenters. The van der Waals surface area contributed by atoms with E-state index in [9.17, 15) is 8.42 Å². The summed E-state index contributed by atoms with van der Waals surface area (Å²) in [6.45, 7) is 6.42. The highest BCUT2D eigenvalue weighted by molar-refractivity contribution is 7.89. The molecule has 1 atom stereocenters. The predicted octanol–water partition coefficient (Wildman–Crippen LogP) is 1.51. The minimum absolute atomic E-state index is 0.00465. The van der Waals surface area contributed by atoms with Gasteiger partial charge in [-0.2, -0.15) is 4.31 Å². The Morgan fingerprint density at radius 1 is 1.43 bits per heavy atom. The molecular formula is C15H24N2O3S. The predicted molar refractivity (Wildman–Crippen MR) is 82.7 cm³/mol. The smallest absolute Gasteiger partial charge is 0.243 e. The third kappa shape index (κ3) is 3.45. The Hall–Kier alpha value is -0.950. The molecule has 1 fully saturated rings. The fourth-order valence-corrected chi connectivity index (χ4v) is 4.39. The Kier molecular flexibility index (Phi) is 5.37. The lowest BCUT2D eigenvalue weighted by molar-refractivity contribution is 0.115. The molecule has 0 aromatic heterocycles. The Labute approximate surface area is 127 Å². The average molecular weight is 312 g/mol. The summed E-state index contributed by atoms with van der Waals surface area (Å²) in [6, 6.07) is 5.48. The first kappa shape index (κ1) is 16.4. The van der Waals surface area contributed by atoms with Gasteiger partial charge in [0.1, 0.15) is 0 Å². The van der Waals surface area contributed by atoms with Gasteiger partial charge in [-0.05, 0) is 37.1 Å². The molecule has 118 valence electrons. The number of nitrogens with one attached hydrogen (secondary N) is 1. The first-order valence-electron chi connectivity index (χ1n) is 7.32. The maximum atomic E-state index is 12.8. The Balaban J connectivity index is 2.28. The van der Waals surface area contributed by atoms with E-state index in [1.54, 1.807) is 13.2 Å². The topological polar surface area (TPSA) is 58.6 Å². The number of rotatable bonds is 6. The first-order valence-corrected chi connectivity index (χ1v) is 8.76. The van der Waals surface area contributed by atoms with E-state index in [1.165, 1.54) is 4.31 Å². The molecule has 1 N–H and O–H groups in total. The standard InChI is InChI=1S/C15H24N2O3S/c1-4-16-10-13-6-5-7-15(12(13)2)21(18,19)17-9-8-14(11-17)20-3/h5-7,14,16H,4,8-11H2,1-3H3. The average Bonchev–Trinajstić information content (AvgIpc) is 2.95. The van der Waals surface area contributed by atoms with Gasteiger partial charge in [0.2, 0.25) is 10.0 Å². The summed E-state index contributed by atoms with van der Waals surface area (Å²) in [5, 5.41) is 3.24. The number of sulfonamides is 1. The number of methoxy groups -OCH3 is 1. The van der Waals surface area contributed by atoms with Gasteiger partial charge in [0.15, 0.2) is 0 Å². The van der Waals surface area contributed by atoms with Crippen LogP contribution in [0.25, 0.3) is 0 Å². The number of hydrogen-bond acceptors (Lipinski definition) is 4. The molecule has 1 saturated heterocycles. The van der Waals surface area contributed by atoms with Gasteiger partial charge in [-0.1, -0.05) is 19.1 Å². The van der Waals surface area contributed by atoms with Crippen molar-refractivity contribution < 1.29 is 13.2 Å². The van der Waals surface area contributed by atoms with Crippen LogP contribution in [0.4, 0.5) is 0 Å². The molecular weight excluding hydrogens is 288 g/mol. The van der Waals surface area contributed by atoms with Crippen LogP contribution >= 0.6 is 0 Å². The highest BCUT2D eigenvalue weighted by atomic mass is 32.2. The molecule has 21 heavy (non-hydrogen) atoms. The fourth-order valence-electron chi connectivity index (χ4n) is 2.64. The minimum atomic E-state index is -3.43. The van der Waals surface area contributed by atoms with Gasteiger partial charge in [-0.15, -0.1) is 0 Å². The van der Waals surface area contributed by atoms with Gasteiger partial charge in [0, 0.05) is 26.7 Å². The maximum Gasteiger partial charge on any atom is 0.243 e. The zero-order chi connectivity index (χ0) is 15.5. The summed E-state index contributed by atoms with van der Waals surface area (Å²) in [5.74, 6) is 0. The van der Waals surface area contributed by atoms with Crippen LogP contribution < -0.4 is 5.32 Å². The van der Waals surface area contributed by atoms with Gasteiger partial charge in [-0.3, -0.25) is 0 Å². The number of hydrogen-bond donors (Lipinski definition) is 1. The van der Waals surface area contributed by atoms with E-state index in [-0.39, 0.29) is 6.10 Å². The van der Waals surface area contributed by atoms with Crippen LogP contribution in [0.2, 0.25) is 0 Å². The quantitative estimate of drug-likeness (QED) is 0.865. The summed E-state index contributed by atoms with van der Waals surface area (Å²) in [5.41, 5.74) is 1.86. The number of nitrogens with zero attached hydrogens (tertiary/aromatic N) is 1. The largest absolute Gasteiger partial charge is 0.380 e. The van der Waals surface area contributed by atoms with Crippen LogP contribution in [0.5, 0.6) is 0 Å². The molecule has 2 rings (SSSR count). The molecule has 0 spiro atoms. The van der Waals surface area contributed by atoms with Crippen molar-refractivity contribution >= 4 is 10.0 Å². The molecule has 1 heterocycles. The highest BCUT2D eigenvalue weighted by Gasteiger charge is 2.33. The molecule has 0 saturated carbocycles.